The highest BCUT2D eigenvalue weighted by atomic mass is 32.2. The van der Waals surface area contributed by atoms with Crippen molar-refractivity contribution in [2.24, 2.45) is 5.92 Å². The summed E-state index contributed by atoms with van der Waals surface area (Å²) in [6.07, 6.45) is 2.84. The highest BCUT2D eigenvalue weighted by molar-refractivity contribution is 7.84. The van der Waals surface area contributed by atoms with Gasteiger partial charge >= 0.3 is 0 Å². The van der Waals surface area contributed by atoms with E-state index in [1.165, 1.54) is 0 Å². The first-order valence-corrected chi connectivity index (χ1v) is 8.43. The van der Waals surface area contributed by atoms with Gasteiger partial charge in [-0.05, 0) is 26.2 Å². The molecule has 1 rings (SSSR count). The van der Waals surface area contributed by atoms with Crippen LogP contribution in [0.2, 0.25) is 0 Å². The standard InChI is InChI=1S/C13H28N2OS/c1-10(2)13-8-14-11(3)9-15(13)12(4)6-7-17(5)16/h10-14H,6-9H2,1-5H3. The molecule has 0 bridgehead atoms. The molecule has 1 aliphatic heterocycles. The highest BCUT2D eigenvalue weighted by Crippen LogP contribution is 2.19. The Morgan fingerprint density at radius 1 is 1.41 bits per heavy atom. The molecule has 0 aromatic heterocycles. The van der Waals surface area contributed by atoms with Crippen molar-refractivity contribution >= 4 is 10.8 Å². The lowest BCUT2D eigenvalue weighted by Gasteiger charge is -2.44. The fourth-order valence-electron chi connectivity index (χ4n) is 2.58. The van der Waals surface area contributed by atoms with Gasteiger partial charge in [0.15, 0.2) is 0 Å². The van der Waals surface area contributed by atoms with Crippen LogP contribution in [0.15, 0.2) is 0 Å². The minimum Gasteiger partial charge on any atom is -0.311 e. The first-order chi connectivity index (χ1) is 7.91. The summed E-state index contributed by atoms with van der Waals surface area (Å²) >= 11 is 0. The number of hydrogen-bond acceptors (Lipinski definition) is 3. The van der Waals surface area contributed by atoms with Gasteiger partial charge in [-0.25, -0.2) is 0 Å². The second-order valence-electron chi connectivity index (χ2n) is 5.73. The molecular formula is C13H28N2OS. The van der Waals surface area contributed by atoms with Crippen LogP contribution in [0.5, 0.6) is 0 Å². The molecule has 1 saturated heterocycles. The molecule has 0 aromatic carbocycles. The zero-order valence-electron chi connectivity index (χ0n) is 11.9. The second-order valence-corrected chi connectivity index (χ2v) is 7.29. The summed E-state index contributed by atoms with van der Waals surface area (Å²) in [5.41, 5.74) is 0. The molecule has 1 aliphatic rings. The molecule has 17 heavy (non-hydrogen) atoms. The van der Waals surface area contributed by atoms with Gasteiger partial charge in [0.05, 0.1) is 0 Å². The Kier molecular flexibility index (Phi) is 6.10. The van der Waals surface area contributed by atoms with E-state index in [1.54, 1.807) is 6.26 Å². The van der Waals surface area contributed by atoms with Crippen LogP contribution in [0.25, 0.3) is 0 Å². The predicted molar refractivity (Wildman–Crippen MR) is 75.8 cm³/mol. The number of piperazine rings is 1. The zero-order valence-corrected chi connectivity index (χ0v) is 12.7. The Morgan fingerprint density at radius 3 is 2.59 bits per heavy atom. The number of rotatable bonds is 5. The summed E-state index contributed by atoms with van der Waals surface area (Å²) in [6.45, 7) is 11.3. The van der Waals surface area contributed by atoms with E-state index < -0.39 is 10.8 Å². The van der Waals surface area contributed by atoms with E-state index in [-0.39, 0.29) is 0 Å². The van der Waals surface area contributed by atoms with E-state index in [4.69, 9.17) is 0 Å². The Morgan fingerprint density at radius 2 is 2.06 bits per heavy atom. The summed E-state index contributed by atoms with van der Waals surface area (Å²) in [5.74, 6) is 1.49. The molecule has 4 unspecified atom stereocenters. The third kappa shape index (κ3) is 4.68. The van der Waals surface area contributed by atoms with Gasteiger partial charge in [0, 0.05) is 54.0 Å². The Hall–Kier alpha value is 0.0700. The van der Waals surface area contributed by atoms with Gasteiger partial charge in [-0.15, -0.1) is 0 Å². The van der Waals surface area contributed by atoms with Crippen LogP contribution in [0.1, 0.15) is 34.1 Å². The second kappa shape index (κ2) is 6.86. The van der Waals surface area contributed by atoms with Crippen molar-refractivity contribution in [2.75, 3.05) is 25.1 Å². The van der Waals surface area contributed by atoms with Crippen LogP contribution in [0, 0.1) is 5.92 Å². The molecule has 0 aliphatic carbocycles. The van der Waals surface area contributed by atoms with Gasteiger partial charge in [0.25, 0.3) is 0 Å². The minimum atomic E-state index is -0.664. The van der Waals surface area contributed by atoms with Crippen LogP contribution in [0.4, 0.5) is 0 Å². The van der Waals surface area contributed by atoms with Crippen molar-refractivity contribution in [3.05, 3.63) is 0 Å². The van der Waals surface area contributed by atoms with E-state index in [9.17, 15) is 4.21 Å². The molecule has 3 nitrogen and oxygen atoms in total. The molecule has 1 N–H and O–H groups in total. The first kappa shape index (κ1) is 15.1. The highest BCUT2D eigenvalue weighted by Gasteiger charge is 2.30. The van der Waals surface area contributed by atoms with Gasteiger partial charge in [-0.3, -0.25) is 9.11 Å². The lowest BCUT2D eigenvalue weighted by Crippen LogP contribution is -2.59. The maximum absolute atomic E-state index is 11.2. The van der Waals surface area contributed by atoms with Gasteiger partial charge in [0.1, 0.15) is 0 Å². The van der Waals surface area contributed by atoms with Gasteiger partial charge in [-0.2, -0.15) is 0 Å². The average molecular weight is 260 g/mol. The molecular weight excluding hydrogens is 232 g/mol. The van der Waals surface area contributed by atoms with Crippen LogP contribution in [-0.4, -0.2) is 52.3 Å². The van der Waals surface area contributed by atoms with Crippen LogP contribution in [0.3, 0.4) is 0 Å². The van der Waals surface area contributed by atoms with Crippen molar-refractivity contribution in [1.82, 2.24) is 10.2 Å². The van der Waals surface area contributed by atoms with Crippen molar-refractivity contribution in [3.8, 4) is 0 Å². The molecule has 0 spiro atoms. The van der Waals surface area contributed by atoms with Gasteiger partial charge in [0.2, 0.25) is 0 Å². The number of nitrogens with one attached hydrogen (secondary N) is 1. The fraction of sp³-hybridized carbons (Fsp3) is 1.00. The van der Waals surface area contributed by atoms with E-state index in [0.29, 0.717) is 24.0 Å². The molecule has 4 atom stereocenters. The molecule has 0 amide bonds. The molecule has 102 valence electrons. The van der Waals surface area contributed by atoms with Crippen LogP contribution >= 0.6 is 0 Å². The fourth-order valence-corrected chi connectivity index (χ4v) is 3.26. The van der Waals surface area contributed by atoms with E-state index >= 15 is 0 Å². The SMILES string of the molecule is CC1CN(C(C)CCS(C)=O)C(C(C)C)CN1. The summed E-state index contributed by atoms with van der Waals surface area (Å²) in [5, 5.41) is 3.56. The monoisotopic (exact) mass is 260 g/mol. The molecule has 0 saturated carbocycles. The van der Waals surface area contributed by atoms with Crippen molar-refractivity contribution < 1.29 is 4.21 Å². The average Bonchev–Trinajstić information content (AvgIpc) is 2.25. The normalized spacial score (nSPS) is 30.5. The van der Waals surface area contributed by atoms with Crippen LogP contribution < -0.4 is 5.32 Å². The van der Waals surface area contributed by atoms with E-state index in [2.05, 4.69) is 37.9 Å². The topological polar surface area (TPSA) is 32.3 Å². The van der Waals surface area contributed by atoms with Crippen molar-refractivity contribution in [2.45, 2.75) is 52.2 Å². The smallest absolute Gasteiger partial charge is 0.0247 e. The van der Waals surface area contributed by atoms with Gasteiger partial charge in [-0.1, -0.05) is 13.8 Å². The Labute approximate surface area is 109 Å². The quantitative estimate of drug-likeness (QED) is 0.812. The lowest BCUT2D eigenvalue weighted by molar-refractivity contribution is 0.0648. The molecule has 0 aromatic rings. The maximum Gasteiger partial charge on any atom is 0.0247 e. The van der Waals surface area contributed by atoms with E-state index in [0.717, 1.165) is 25.3 Å². The number of hydrogen-bond donors (Lipinski definition) is 1. The number of nitrogens with zero attached hydrogens (tertiary/aromatic N) is 1. The largest absolute Gasteiger partial charge is 0.311 e. The van der Waals surface area contributed by atoms with Gasteiger partial charge < -0.3 is 5.32 Å². The summed E-state index contributed by atoms with van der Waals surface area (Å²) < 4.78 is 11.2. The molecule has 0 radical (unpaired) electrons. The minimum absolute atomic E-state index is 0.538. The Balaban J connectivity index is 2.58. The summed E-state index contributed by atoms with van der Waals surface area (Å²) in [6, 6.07) is 1.72. The predicted octanol–water partition coefficient (Wildman–Crippen LogP) is 1.46. The zero-order chi connectivity index (χ0) is 13.0. The molecule has 1 heterocycles. The molecule has 1 fully saturated rings. The maximum atomic E-state index is 11.2. The van der Waals surface area contributed by atoms with Crippen molar-refractivity contribution in [1.29, 1.82) is 0 Å². The summed E-state index contributed by atoms with van der Waals surface area (Å²) in [7, 11) is -0.664. The Bertz CT molecular complexity index is 258. The van der Waals surface area contributed by atoms with E-state index in [1.807, 2.05) is 0 Å². The third-order valence-electron chi connectivity index (χ3n) is 3.74. The molecule has 4 heteroatoms. The summed E-state index contributed by atoms with van der Waals surface area (Å²) in [4.78, 5) is 2.61. The first-order valence-electron chi connectivity index (χ1n) is 6.71. The third-order valence-corrected chi connectivity index (χ3v) is 4.56. The lowest BCUT2D eigenvalue weighted by atomic mass is 9.96. The van der Waals surface area contributed by atoms with Crippen molar-refractivity contribution in [3.63, 3.8) is 0 Å². The van der Waals surface area contributed by atoms with Crippen LogP contribution in [-0.2, 0) is 10.8 Å².